The van der Waals surface area contributed by atoms with Gasteiger partial charge in [-0.1, -0.05) is 0 Å². The summed E-state index contributed by atoms with van der Waals surface area (Å²) in [7, 11) is 0. The van der Waals surface area contributed by atoms with Crippen LogP contribution in [0.15, 0.2) is 0 Å². The number of carboxylic acids is 1. The van der Waals surface area contributed by atoms with E-state index in [4.69, 9.17) is 16.3 Å². The Morgan fingerprint density at radius 1 is 2.11 bits per heavy atom. The van der Waals surface area contributed by atoms with Crippen LogP contribution >= 0.6 is 11.8 Å². The van der Waals surface area contributed by atoms with Crippen LogP contribution in [0.5, 0.6) is 0 Å². The van der Waals surface area contributed by atoms with E-state index in [1.807, 2.05) is 0 Å². The summed E-state index contributed by atoms with van der Waals surface area (Å²) < 4.78 is 28.9. The first kappa shape index (κ1) is 3.83. The Bertz CT molecular complexity index is 211. The van der Waals surface area contributed by atoms with Gasteiger partial charge in [0.15, 0.2) is 0 Å². The Morgan fingerprint density at radius 3 is 3.00 bits per heavy atom. The van der Waals surface area contributed by atoms with Crippen LogP contribution in [0, 0.1) is 0 Å². The molecule has 3 nitrogen and oxygen atoms in total. The summed E-state index contributed by atoms with van der Waals surface area (Å²) in [6.45, 7) is 0. The highest BCUT2D eigenvalue weighted by molar-refractivity contribution is 7.98. The molecule has 0 radical (unpaired) electrons. The van der Waals surface area contributed by atoms with Gasteiger partial charge in [-0.05, 0) is 18.3 Å². The quantitative estimate of drug-likeness (QED) is 0.603. The molecule has 0 aromatic carbocycles. The van der Waals surface area contributed by atoms with Crippen LogP contribution in [0.3, 0.4) is 0 Å². The number of aliphatic carboxylic acids is 1. The van der Waals surface area contributed by atoms with Crippen LogP contribution < -0.4 is 5.73 Å². The fourth-order valence-corrected chi connectivity index (χ4v) is 0.429. The molecule has 0 heterocycles. The van der Waals surface area contributed by atoms with Gasteiger partial charge in [0.2, 0.25) is 0 Å². The molecule has 0 aromatic rings. The van der Waals surface area contributed by atoms with Crippen molar-refractivity contribution in [1.29, 1.82) is 0 Å². The lowest BCUT2D eigenvalue weighted by Gasteiger charge is -2.02. The molecule has 0 rings (SSSR count). The van der Waals surface area contributed by atoms with E-state index in [0.717, 1.165) is 0 Å². The van der Waals surface area contributed by atoms with Crippen molar-refractivity contribution < 1.29 is 15.4 Å². The van der Waals surface area contributed by atoms with Gasteiger partial charge in [0.25, 0.3) is 0 Å². The molecule has 0 bridgehead atoms. The second-order valence-electron chi connectivity index (χ2n) is 1.27. The molecule has 4 heteroatoms. The first-order chi connectivity index (χ1) is 5.66. The number of thioether (sulfide) groups is 1. The number of nitrogens with two attached hydrogens (primary N) is 1. The van der Waals surface area contributed by atoms with Crippen molar-refractivity contribution in [3.8, 4) is 0 Å². The van der Waals surface area contributed by atoms with Crippen molar-refractivity contribution in [2.24, 2.45) is 5.73 Å². The lowest BCUT2D eigenvalue weighted by Crippen LogP contribution is -2.30. The van der Waals surface area contributed by atoms with Crippen molar-refractivity contribution in [3.63, 3.8) is 0 Å². The molecule has 0 saturated carbocycles. The molecule has 0 spiro atoms. The molecule has 0 aliphatic carbocycles. The van der Waals surface area contributed by atoms with E-state index in [1.54, 1.807) is 0 Å². The molecular formula is C5H11NO2S. The second-order valence-corrected chi connectivity index (χ2v) is 1.88. The summed E-state index contributed by atoms with van der Waals surface area (Å²) in [5, 5.41) is 8.44. The van der Waals surface area contributed by atoms with Crippen LogP contribution in [-0.4, -0.2) is 29.1 Å². The summed E-state index contributed by atoms with van der Waals surface area (Å²) in [4.78, 5) is 10.4. The third-order valence-electron chi connectivity index (χ3n) is 0.583. The van der Waals surface area contributed by atoms with Gasteiger partial charge in [-0.2, -0.15) is 11.8 Å². The molecule has 3 N–H and O–H groups in total. The number of carbonyl (C=O) groups is 1. The standard InChI is InChI=1S/C5H11NO2S/c1-9-3-2-4(6)5(7)8/h4H,2-3,6H2,1H3,(H,7,8)/t4-/m1/s1/i2D2,3D2. The van der Waals surface area contributed by atoms with Crippen molar-refractivity contribution >= 4 is 17.7 Å². The lowest BCUT2D eigenvalue weighted by molar-refractivity contribution is -0.138. The molecule has 1 atom stereocenters. The van der Waals surface area contributed by atoms with Crippen LogP contribution in [0.4, 0.5) is 0 Å². The van der Waals surface area contributed by atoms with Gasteiger partial charge in [-0.3, -0.25) is 4.79 Å². The van der Waals surface area contributed by atoms with Crippen molar-refractivity contribution in [2.45, 2.75) is 12.4 Å². The van der Waals surface area contributed by atoms with E-state index in [0.29, 0.717) is 11.8 Å². The van der Waals surface area contributed by atoms with Gasteiger partial charge in [0.1, 0.15) is 6.04 Å². The number of carboxylic acid groups (broad SMARTS) is 1. The largest absolute Gasteiger partial charge is 0.480 e. The van der Waals surface area contributed by atoms with Crippen LogP contribution in [0.1, 0.15) is 11.9 Å². The zero-order valence-electron chi connectivity index (χ0n) is 8.92. The van der Waals surface area contributed by atoms with Crippen molar-refractivity contribution in [3.05, 3.63) is 0 Å². The first-order valence-corrected chi connectivity index (χ1v) is 3.43. The maximum absolute atomic E-state index is 10.4. The van der Waals surface area contributed by atoms with Gasteiger partial charge < -0.3 is 10.8 Å². The molecule has 0 amide bonds. The SMILES string of the molecule is [2H]C([2H])(SC)C([2H])([2H])[C@@H](N)C(=O)O. The predicted molar refractivity (Wildman–Crippen MR) is 38.6 cm³/mol. The van der Waals surface area contributed by atoms with E-state index in [2.05, 4.69) is 0 Å². The molecule has 0 unspecified atom stereocenters. The Balaban J connectivity index is 4.84. The molecular weight excluding hydrogens is 138 g/mol. The van der Waals surface area contributed by atoms with Gasteiger partial charge >= 0.3 is 5.97 Å². The molecule has 0 aliphatic rings. The fraction of sp³-hybridized carbons (Fsp3) is 0.800. The van der Waals surface area contributed by atoms with Crippen LogP contribution in [0.2, 0.25) is 0 Å². The zero-order chi connectivity index (χ0) is 10.9. The highest BCUT2D eigenvalue weighted by Gasteiger charge is 2.08. The van der Waals surface area contributed by atoms with E-state index in [1.165, 1.54) is 6.26 Å². The fourth-order valence-electron chi connectivity index (χ4n) is 0.184. The lowest BCUT2D eigenvalue weighted by atomic mass is 10.2. The third-order valence-corrected chi connectivity index (χ3v) is 0.905. The van der Waals surface area contributed by atoms with Crippen molar-refractivity contribution in [1.82, 2.24) is 0 Å². The zero-order valence-corrected chi connectivity index (χ0v) is 5.73. The minimum absolute atomic E-state index is 0.595. The van der Waals surface area contributed by atoms with E-state index < -0.39 is 24.1 Å². The van der Waals surface area contributed by atoms with Crippen molar-refractivity contribution in [2.75, 3.05) is 12.0 Å². The van der Waals surface area contributed by atoms with Crippen LogP contribution in [-0.2, 0) is 4.79 Å². The van der Waals surface area contributed by atoms with E-state index >= 15 is 0 Å². The molecule has 0 fully saturated rings. The average molecular weight is 153 g/mol. The molecule has 0 saturated heterocycles. The second kappa shape index (κ2) is 4.64. The monoisotopic (exact) mass is 153 g/mol. The van der Waals surface area contributed by atoms with Gasteiger partial charge in [0, 0.05) is 5.48 Å². The van der Waals surface area contributed by atoms with E-state index in [9.17, 15) is 4.79 Å². The third kappa shape index (κ3) is 4.29. The number of rotatable bonds is 4. The normalized spacial score (nSPS) is 22.9. The maximum Gasteiger partial charge on any atom is 0.320 e. The van der Waals surface area contributed by atoms with E-state index in [-0.39, 0.29) is 0 Å². The smallest absolute Gasteiger partial charge is 0.320 e. The molecule has 9 heavy (non-hydrogen) atoms. The van der Waals surface area contributed by atoms with Gasteiger partial charge in [0.05, 0.1) is 0 Å². The molecule has 0 aromatic heterocycles. The highest BCUT2D eigenvalue weighted by Crippen LogP contribution is 1.97. The summed E-state index contributed by atoms with van der Waals surface area (Å²) in [5.41, 5.74) is 2.71. The minimum atomic E-state index is -2.60. The van der Waals surface area contributed by atoms with Crippen LogP contribution in [0.25, 0.3) is 0 Å². The predicted octanol–water partition coefficient (Wildman–Crippen LogP) is 0.151. The summed E-state index contributed by atoms with van der Waals surface area (Å²) in [6.07, 6.45) is -1.25. The van der Waals surface area contributed by atoms with Gasteiger partial charge in [-0.15, -0.1) is 0 Å². The first-order valence-electron chi connectivity index (χ1n) is 4.20. The van der Waals surface area contributed by atoms with Gasteiger partial charge in [-0.25, -0.2) is 0 Å². The molecule has 54 valence electrons. The molecule has 0 aliphatic heterocycles. The number of hydrogen-bond donors (Lipinski definition) is 2. The minimum Gasteiger partial charge on any atom is -0.480 e. The average Bonchev–Trinajstić information content (AvgIpc) is 2.02. The summed E-state index contributed by atoms with van der Waals surface area (Å²) in [5.74, 6) is -1.55. The Kier molecular flexibility index (Phi) is 1.97. The topological polar surface area (TPSA) is 63.3 Å². The Morgan fingerprint density at radius 2 is 2.67 bits per heavy atom. The summed E-state index contributed by atoms with van der Waals surface area (Å²) >= 11 is 0.595. The Hall–Kier alpha value is -0.220. The number of hydrogen-bond acceptors (Lipinski definition) is 3. The summed E-state index contributed by atoms with van der Waals surface area (Å²) in [6, 6.07) is -1.87. The Labute approximate surface area is 64.2 Å². The highest BCUT2D eigenvalue weighted by atomic mass is 32.2. The maximum atomic E-state index is 10.4.